The van der Waals surface area contributed by atoms with Crippen LogP contribution < -0.4 is 4.72 Å². The van der Waals surface area contributed by atoms with E-state index in [1.54, 1.807) is 24.4 Å². The van der Waals surface area contributed by atoms with Gasteiger partial charge < -0.3 is 0 Å². The van der Waals surface area contributed by atoms with Gasteiger partial charge in [0.25, 0.3) is 0 Å². The van der Waals surface area contributed by atoms with E-state index in [9.17, 15) is 8.42 Å². The number of aryl methyl sites for hydroxylation is 2. The summed E-state index contributed by atoms with van der Waals surface area (Å²) in [5, 5.41) is 7.01. The molecule has 0 aliphatic heterocycles. The van der Waals surface area contributed by atoms with E-state index in [1.807, 2.05) is 6.92 Å². The molecule has 2 N–H and O–H groups in total. The van der Waals surface area contributed by atoms with E-state index in [-0.39, 0.29) is 9.92 Å². The molecule has 0 saturated carbocycles. The Morgan fingerprint density at radius 2 is 2.10 bits per heavy atom. The lowest BCUT2D eigenvalue weighted by molar-refractivity contribution is 0.579. The van der Waals surface area contributed by atoms with E-state index in [0.717, 1.165) is 17.7 Å². The maximum atomic E-state index is 12.1. The molecule has 0 saturated heterocycles. The van der Waals surface area contributed by atoms with Crippen molar-refractivity contribution < 1.29 is 8.42 Å². The summed E-state index contributed by atoms with van der Waals surface area (Å²) in [6.07, 6.45) is 3.23. The highest BCUT2D eigenvalue weighted by molar-refractivity contribution is 7.89. The fraction of sp³-hybridized carbons (Fsp3) is 0.308. The zero-order valence-electron chi connectivity index (χ0n) is 11.1. The third-order valence-electron chi connectivity index (χ3n) is 2.98. The van der Waals surface area contributed by atoms with Gasteiger partial charge in [0.2, 0.25) is 10.0 Å². The fourth-order valence-electron chi connectivity index (χ4n) is 1.85. The van der Waals surface area contributed by atoms with Crippen molar-refractivity contribution in [1.82, 2.24) is 14.9 Å². The third-order valence-corrected chi connectivity index (χ3v) is 4.94. The van der Waals surface area contributed by atoms with Crippen LogP contribution in [-0.4, -0.2) is 25.2 Å². The second-order valence-electron chi connectivity index (χ2n) is 4.45. The molecular formula is C13H16ClN3O2S. The second-order valence-corrected chi connectivity index (χ2v) is 6.59. The lowest BCUT2D eigenvalue weighted by Crippen LogP contribution is -2.25. The first-order valence-electron chi connectivity index (χ1n) is 6.24. The molecule has 20 heavy (non-hydrogen) atoms. The number of sulfonamides is 1. The van der Waals surface area contributed by atoms with Crippen molar-refractivity contribution in [1.29, 1.82) is 0 Å². The van der Waals surface area contributed by atoms with Crippen LogP contribution in [-0.2, 0) is 16.4 Å². The van der Waals surface area contributed by atoms with Crippen LogP contribution >= 0.6 is 11.6 Å². The molecule has 1 heterocycles. The lowest BCUT2D eigenvalue weighted by Gasteiger charge is -2.07. The maximum absolute atomic E-state index is 12.1. The van der Waals surface area contributed by atoms with E-state index >= 15 is 0 Å². The van der Waals surface area contributed by atoms with Crippen molar-refractivity contribution in [2.24, 2.45) is 0 Å². The Morgan fingerprint density at radius 3 is 2.75 bits per heavy atom. The molecule has 7 heteroatoms. The number of H-pyrrole nitrogens is 1. The number of halogens is 1. The summed E-state index contributed by atoms with van der Waals surface area (Å²) in [4.78, 5) is 0.112. The van der Waals surface area contributed by atoms with E-state index in [2.05, 4.69) is 14.9 Å². The summed E-state index contributed by atoms with van der Waals surface area (Å²) in [6, 6.07) is 6.40. The van der Waals surface area contributed by atoms with Crippen molar-refractivity contribution in [2.75, 3.05) is 6.54 Å². The number of nitrogens with zero attached hydrogens (tertiary/aromatic N) is 1. The molecule has 0 amide bonds. The van der Waals surface area contributed by atoms with Gasteiger partial charge in [-0.15, -0.1) is 0 Å². The van der Waals surface area contributed by atoms with Crippen LogP contribution in [0.2, 0.25) is 5.02 Å². The molecule has 108 valence electrons. The number of aromatic amines is 1. The number of aromatic nitrogens is 2. The smallest absolute Gasteiger partial charge is 0.242 e. The van der Waals surface area contributed by atoms with E-state index in [1.165, 1.54) is 6.07 Å². The summed E-state index contributed by atoms with van der Waals surface area (Å²) < 4.78 is 26.7. The van der Waals surface area contributed by atoms with Gasteiger partial charge in [-0.1, -0.05) is 23.7 Å². The predicted octanol–water partition coefficient (Wildman–Crippen LogP) is 2.28. The zero-order chi connectivity index (χ0) is 14.6. The molecule has 0 atom stereocenters. The minimum absolute atomic E-state index is 0.112. The van der Waals surface area contributed by atoms with Crippen molar-refractivity contribution in [2.45, 2.75) is 24.7 Å². The second kappa shape index (κ2) is 6.39. The predicted molar refractivity (Wildman–Crippen MR) is 78.3 cm³/mol. The molecule has 0 aliphatic carbocycles. The number of benzene rings is 1. The molecule has 2 aromatic rings. The van der Waals surface area contributed by atoms with E-state index < -0.39 is 10.0 Å². The molecule has 1 aromatic carbocycles. The van der Waals surface area contributed by atoms with Crippen LogP contribution in [0.15, 0.2) is 35.4 Å². The fourth-order valence-corrected chi connectivity index (χ4v) is 3.44. The quantitative estimate of drug-likeness (QED) is 0.803. The number of hydrogen-bond acceptors (Lipinski definition) is 3. The Balaban J connectivity index is 1.91. The topological polar surface area (TPSA) is 74.8 Å². The first-order valence-corrected chi connectivity index (χ1v) is 8.10. The van der Waals surface area contributed by atoms with Crippen molar-refractivity contribution >= 4 is 21.6 Å². The first kappa shape index (κ1) is 15.0. The summed E-state index contributed by atoms with van der Waals surface area (Å²) in [6.45, 7) is 2.30. The average molecular weight is 314 g/mol. The number of nitrogens with one attached hydrogen (secondary N) is 2. The molecule has 2 rings (SSSR count). The number of rotatable bonds is 6. The van der Waals surface area contributed by atoms with Crippen molar-refractivity contribution in [3.63, 3.8) is 0 Å². The normalized spacial score (nSPS) is 11.7. The van der Waals surface area contributed by atoms with Crippen LogP contribution in [0, 0.1) is 6.92 Å². The standard InChI is InChI=1S/C13H16ClN3O2S/c1-10-11(9-15-17-10)5-4-8-16-20(18,19)13-7-3-2-6-12(13)14/h2-3,6-7,9,16H,4-5,8H2,1H3,(H,15,17). The van der Waals surface area contributed by atoms with Crippen molar-refractivity contribution in [3.05, 3.63) is 46.7 Å². The van der Waals surface area contributed by atoms with Gasteiger partial charge in [0.1, 0.15) is 4.90 Å². The molecule has 0 radical (unpaired) electrons. The lowest BCUT2D eigenvalue weighted by atomic mass is 10.1. The molecule has 1 aromatic heterocycles. The summed E-state index contributed by atoms with van der Waals surface area (Å²) in [5.74, 6) is 0. The largest absolute Gasteiger partial charge is 0.283 e. The highest BCUT2D eigenvalue weighted by atomic mass is 35.5. The summed E-state index contributed by atoms with van der Waals surface area (Å²) >= 11 is 5.89. The third kappa shape index (κ3) is 3.59. The Kier molecular flexibility index (Phi) is 4.80. The number of hydrogen-bond donors (Lipinski definition) is 2. The van der Waals surface area contributed by atoms with Gasteiger partial charge in [0.15, 0.2) is 0 Å². The van der Waals surface area contributed by atoms with Crippen LogP contribution in [0.4, 0.5) is 0 Å². The van der Waals surface area contributed by atoms with Gasteiger partial charge in [-0.2, -0.15) is 5.10 Å². The SMILES string of the molecule is Cc1[nH]ncc1CCCNS(=O)(=O)c1ccccc1Cl. The molecule has 0 aliphatic rings. The Bertz CT molecular complexity index is 682. The Hall–Kier alpha value is -1.37. The maximum Gasteiger partial charge on any atom is 0.242 e. The van der Waals surface area contributed by atoms with Gasteiger partial charge >= 0.3 is 0 Å². The van der Waals surface area contributed by atoms with Gasteiger partial charge in [0, 0.05) is 12.2 Å². The Labute approximate surface area is 123 Å². The summed E-state index contributed by atoms with van der Waals surface area (Å²) in [5.41, 5.74) is 2.11. The summed E-state index contributed by atoms with van der Waals surface area (Å²) in [7, 11) is -3.55. The minimum Gasteiger partial charge on any atom is -0.283 e. The first-order chi connectivity index (χ1) is 9.50. The van der Waals surface area contributed by atoms with Gasteiger partial charge in [0.05, 0.1) is 11.2 Å². The van der Waals surface area contributed by atoms with Gasteiger partial charge in [-0.05, 0) is 37.5 Å². The van der Waals surface area contributed by atoms with Crippen LogP contribution in [0.25, 0.3) is 0 Å². The zero-order valence-corrected chi connectivity index (χ0v) is 12.6. The molecular weight excluding hydrogens is 298 g/mol. The molecule has 0 fully saturated rings. The van der Waals surface area contributed by atoms with Crippen molar-refractivity contribution in [3.8, 4) is 0 Å². The van der Waals surface area contributed by atoms with Crippen LogP contribution in [0.3, 0.4) is 0 Å². The molecule has 0 bridgehead atoms. The monoisotopic (exact) mass is 313 g/mol. The van der Waals surface area contributed by atoms with Crippen LogP contribution in [0.5, 0.6) is 0 Å². The molecule has 0 unspecified atom stereocenters. The molecule has 5 nitrogen and oxygen atoms in total. The van der Waals surface area contributed by atoms with E-state index in [4.69, 9.17) is 11.6 Å². The van der Waals surface area contributed by atoms with E-state index in [0.29, 0.717) is 13.0 Å². The van der Waals surface area contributed by atoms with Gasteiger partial charge in [-0.25, -0.2) is 13.1 Å². The van der Waals surface area contributed by atoms with Crippen LogP contribution in [0.1, 0.15) is 17.7 Å². The average Bonchev–Trinajstić information content (AvgIpc) is 2.81. The molecule has 0 spiro atoms. The highest BCUT2D eigenvalue weighted by Gasteiger charge is 2.16. The highest BCUT2D eigenvalue weighted by Crippen LogP contribution is 2.20. The minimum atomic E-state index is -3.55. The van der Waals surface area contributed by atoms with Gasteiger partial charge in [-0.3, -0.25) is 5.10 Å². The Morgan fingerprint density at radius 1 is 1.35 bits per heavy atom.